The molecule has 94 heavy (non-hydrogen) atoms. The van der Waals surface area contributed by atoms with Gasteiger partial charge in [0.15, 0.2) is 0 Å². The summed E-state index contributed by atoms with van der Waals surface area (Å²) in [7, 11) is 5.49. The molecule has 2 saturated heterocycles. The normalized spacial score (nSPS) is 17.2. The average molecular weight is 1300 g/mol. The van der Waals surface area contributed by atoms with Gasteiger partial charge in [0.2, 0.25) is 35.4 Å². The summed E-state index contributed by atoms with van der Waals surface area (Å²) in [4.78, 5) is 112. The number of alkyl halides is 2. The maximum absolute atomic E-state index is 15.5. The Bertz CT molecular complexity index is 3550. The van der Waals surface area contributed by atoms with Crippen LogP contribution in [0, 0.1) is 34.8 Å². The molecular weight excluding hydrogens is 1220 g/mol. The third-order valence-corrected chi connectivity index (χ3v) is 18.0. The van der Waals surface area contributed by atoms with Crippen LogP contribution in [-0.4, -0.2) is 165 Å². The molecule has 4 atom stereocenters. The molecule has 25 heteroatoms. The standard InChI is InChI=1S/C35H44FN5O6.C34H41F3N6O4/c1-4-31(42)37-29(35(45)41-16-14-40(2)15-17-41)19-22-10-13-28(27(36)18-22)38-34(44)32(23-8-6-5-7-9-23)39-33(43)26-21-47-30-20-24(46-3)11-12-25(26)30;1-3-29(44)39-28(32(46)43-16-14-42(2)15-17-43)20-22-12-13-27(26(35)19-22)40-31(45)30(24-9-5-4-6-10-24)41-33(47)34(36,37)25-11-7-8-23(18-25)21-38/h10-13,18,20-21,23,29,32H,4-9,14-17,19H2,1-3H3,(H,37,42)(H,38,44)(H,39,43);7-8,11-13,18-19,24,28,30H,3-6,9-10,14-17,20H2,1-2H3,(H,39,44)(H,40,45)(H,41,47)/t29-,32+;28-,30+/m11/s1. The lowest BCUT2D eigenvalue weighted by molar-refractivity contribution is -0.149. The van der Waals surface area contributed by atoms with Crippen LogP contribution >= 0.6 is 0 Å². The Morgan fingerprint density at radius 3 is 1.54 bits per heavy atom. The van der Waals surface area contributed by atoms with Crippen molar-refractivity contribution in [1.82, 2.24) is 40.9 Å². The lowest BCUT2D eigenvalue weighted by Gasteiger charge is -2.34. The molecule has 6 N–H and O–H groups in total. The number of fused-ring (bicyclic) bond motifs is 1. The predicted octanol–water partition coefficient (Wildman–Crippen LogP) is 7.81. The van der Waals surface area contributed by atoms with E-state index in [1.807, 2.05) is 14.1 Å². The van der Waals surface area contributed by atoms with Gasteiger partial charge in [-0.1, -0.05) is 76.6 Å². The van der Waals surface area contributed by atoms with Crippen molar-refractivity contribution in [2.75, 3.05) is 84.2 Å². The first-order chi connectivity index (χ1) is 45.1. The van der Waals surface area contributed by atoms with Crippen LogP contribution in [0.5, 0.6) is 5.75 Å². The largest absolute Gasteiger partial charge is 0.497 e. The summed E-state index contributed by atoms with van der Waals surface area (Å²) in [6, 6.07) is 15.8. The number of nitrogens with zero attached hydrogens (tertiary/aromatic N) is 5. The zero-order valence-electron chi connectivity index (χ0n) is 53.9. The first-order valence-electron chi connectivity index (χ1n) is 32.4. The van der Waals surface area contributed by atoms with Gasteiger partial charge in [-0.05, 0) is 111 Å². The lowest BCUT2D eigenvalue weighted by Crippen LogP contribution is -2.54. The number of furan rings is 1. The fourth-order valence-corrected chi connectivity index (χ4v) is 12.4. The van der Waals surface area contributed by atoms with Crippen LogP contribution < -0.4 is 36.6 Å². The SMILES string of the molecule is CCC(=O)N[C@H](Cc1ccc(NC(=O)[C@@H](NC(=O)C(F)(F)c2cccc(C#N)c2)C2CCCCC2)c(F)c1)C(=O)N1CCN(C)CC1.CCC(=O)N[C@H](Cc1ccc(NC(=O)[C@@H](NC(=O)c2coc3cc(OC)ccc23)C2CCCCC2)c(F)c1)C(=O)N1CCN(C)CC1. The summed E-state index contributed by atoms with van der Waals surface area (Å²) in [5, 5.41) is 25.5. The second kappa shape index (κ2) is 33.3. The maximum atomic E-state index is 15.5. The molecule has 1 aromatic heterocycles. The second-order valence-electron chi connectivity index (χ2n) is 24.7. The molecule has 9 rings (SSSR count). The number of halogens is 4. The van der Waals surface area contributed by atoms with Crippen molar-refractivity contribution in [1.29, 1.82) is 5.26 Å². The van der Waals surface area contributed by atoms with E-state index >= 15 is 17.6 Å². The fraction of sp³-hybridized carbons (Fsp3) is 0.493. The van der Waals surface area contributed by atoms with Crippen molar-refractivity contribution in [2.24, 2.45) is 11.8 Å². The van der Waals surface area contributed by atoms with Gasteiger partial charge in [0.1, 0.15) is 53.4 Å². The maximum Gasteiger partial charge on any atom is 0.349 e. The molecule has 504 valence electrons. The van der Waals surface area contributed by atoms with Gasteiger partial charge in [-0.3, -0.25) is 38.4 Å². The van der Waals surface area contributed by atoms with Crippen LogP contribution in [-0.2, 0) is 52.3 Å². The minimum absolute atomic E-state index is 0.0187. The molecule has 2 aliphatic heterocycles. The van der Waals surface area contributed by atoms with Gasteiger partial charge >= 0.3 is 5.92 Å². The molecule has 0 bridgehead atoms. The number of nitriles is 1. The summed E-state index contributed by atoms with van der Waals surface area (Å²) in [5.41, 5.74) is 0.706. The Labute approximate surface area is 545 Å². The van der Waals surface area contributed by atoms with E-state index in [0.29, 0.717) is 85.5 Å². The van der Waals surface area contributed by atoms with Crippen LogP contribution in [0.2, 0.25) is 0 Å². The highest BCUT2D eigenvalue weighted by Crippen LogP contribution is 2.34. The number of carbonyl (C=O) groups is 8. The molecule has 21 nitrogen and oxygen atoms in total. The number of amides is 8. The molecule has 0 unspecified atom stereocenters. The number of ether oxygens (including phenoxy) is 1. The Kier molecular flexibility index (Phi) is 25.1. The third-order valence-electron chi connectivity index (χ3n) is 18.0. The minimum atomic E-state index is -4.03. The number of piperazine rings is 2. The fourth-order valence-electron chi connectivity index (χ4n) is 12.4. The highest BCUT2D eigenvalue weighted by molar-refractivity contribution is 6.08. The molecule has 4 fully saturated rings. The van der Waals surface area contributed by atoms with Crippen molar-refractivity contribution in [3.05, 3.63) is 125 Å². The zero-order chi connectivity index (χ0) is 67.6. The number of hydrogen-bond donors (Lipinski definition) is 6. The van der Waals surface area contributed by atoms with E-state index in [-0.39, 0.29) is 72.2 Å². The number of rotatable bonds is 22. The van der Waals surface area contributed by atoms with Crippen molar-refractivity contribution in [3.8, 4) is 11.8 Å². The number of carbonyl (C=O) groups excluding carboxylic acids is 8. The van der Waals surface area contributed by atoms with Gasteiger partial charge in [0.05, 0.1) is 35.7 Å². The quantitative estimate of drug-likeness (QED) is 0.0362. The Hall–Kier alpha value is -8.89. The molecule has 3 heterocycles. The van der Waals surface area contributed by atoms with Crippen LogP contribution in [0.25, 0.3) is 11.0 Å². The third kappa shape index (κ3) is 18.7. The predicted molar refractivity (Wildman–Crippen MR) is 344 cm³/mol. The second-order valence-corrected chi connectivity index (χ2v) is 24.7. The molecule has 2 saturated carbocycles. The molecule has 0 spiro atoms. The summed E-state index contributed by atoms with van der Waals surface area (Å²) in [5.74, 6) is -10.0. The number of anilines is 2. The smallest absolute Gasteiger partial charge is 0.349 e. The van der Waals surface area contributed by atoms with E-state index in [9.17, 15) is 38.4 Å². The van der Waals surface area contributed by atoms with Crippen LogP contribution in [0.3, 0.4) is 0 Å². The van der Waals surface area contributed by atoms with E-state index in [0.717, 1.165) is 82.7 Å². The van der Waals surface area contributed by atoms with Crippen molar-refractivity contribution in [3.63, 3.8) is 0 Å². The number of benzene rings is 4. The Morgan fingerprint density at radius 2 is 1.10 bits per heavy atom. The van der Waals surface area contributed by atoms with Gasteiger partial charge in [0, 0.05) is 95.1 Å². The molecule has 5 aromatic rings. The molecule has 2 aliphatic carbocycles. The monoisotopic (exact) mass is 1300 g/mol. The number of hydrogen-bond acceptors (Lipinski definition) is 13. The van der Waals surface area contributed by atoms with Crippen LogP contribution in [0.4, 0.5) is 28.9 Å². The van der Waals surface area contributed by atoms with Crippen molar-refractivity contribution < 1.29 is 65.1 Å². The van der Waals surface area contributed by atoms with E-state index < -0.39 is 76.8 Å². The van der Waals surface area contributed by atoms with Crippen LogP contribution in [0.15, 0.2) is 89.5 Å². The van der Waals surface area contributed by atoms with Crippen molar-refractivity contribution in [2.45, 2.75) is 134 Å². The summed E-state index contributed by atoms with van der Waals surface area (Å²) >= 11 is 0. The summed E-state index contributed by atoms with van der Waals surface area (Å²) in [6.45, 7) is 8.35. The van der Waals surface area contributed by atoms with E-state index in [2.05, 4.69) is 41.7 Å². The van der Waals surface area contributed by atoms with E-state index in [4.69, 9.17) is 14.4 Å². The Morgan fingerprint density at radius 1 is 0.617 bits per heavy atom. The summed E-state index contributed by atoms with van der Waals surface area (Å²) in [6.07, 6.45) is 9.74. The number of methoxy groups -OCH3 is 1. The number of nitrogens with one attached hydrogen (secondary N) is 6. The van der Waals surface area contributed by atoms with Gasteiger partial charge in [-0.15, -0.1) is 0 Å². The topological polar surface area (TPSA) is 268 Å². The van der Waals surface area contributed by atoms with E-state index in [1.165, 1.54) is 42.7 Å². The molecule has 4 aromatic carbocycles. The molecular formula is C69H85F4N11O10. The van der Waals surface area contributed by atoms with Gasteiger partial charge in [0.25, 0.3) is 11.8 Å². The highest BCUT2D eigenvalue weighted by atomic mass is 19.3. The first kappa shape index (κ1) is 71.0. The van der Waals surface area contributed by atoms with E-state index in [1.54, 1.807) is 61.1 Å². The van der Waals surface area contributed by atoms with Gasteiger partial charge < -0.3 is 60.7 Å². The van der Waals surface area contributed by atoms with Gasteiger partial charge in [-0.25, -0.2) is 8.78 Å². The number of likely N-dealkylation sites (N-methyl/N-ethyl adjacent to an activating group) is 2. The van der Waals surface area contributed by atoms with Crippen LogP contribution in [0.1, 0.15) is 124 Å². The molecule has 8 amide bonds. The lowest BCUT2D eigenvalue weighted by atomic mass is 9.83. The van der Waals surface area contributed by atoms with Crippen molar-refractivity contribution >= 4 is 69.6 Å². The van der Waals surface area contributed by atoms with Gasteiger partial charge in [-0.2, -0.15) is 14.0 Å². The highest BCUT2D eigenvalue weighted by Gasteiger charge is 2.45. The molecule has 0 radical (unpaired) electrons. The summed E-state index contributed by atoms with van der Waals surface area (Å²) < 4.78 is 72.2. The minimum Gasteiger partial charge on any atom is -0.497 e. The first-order valence-corrected chi connectivity index (χ1v) is 32.4. The zero-order valence-corrected chi connectivity index (χ0v) is 53.9. The Balaban J connectivity index is 0.000000241. The average Bonchev–Trinajstić information content (AvgIpc) is 1.57. The molecule has 4 aliphatic rings.